The first-order valence-electron chi connectivity index (χ1n) is 10.4. The monoisotopic (exact) mass is 424 g/mol. The molecule has 4 N–H and O–H groups in total. The summed E-state index contributed by atoms with van der Waals surface area (Å²) in [5, 5.41) is 10.0. The highest BCUT2D eigenvalue weighted by molar-refractivity contribution is 5.92. The van der Waals surface area contributed by atoms with Crippen LogP contribution in [0, 0.1) is 0 Å². The number of oxime groups is 1. The van der Waals surface area contributed by atoms with Gasteiger partial charge in [-0.05, 0) is 38.1 Å². The first-order chi connectivity index (χ1) is 15.0. The lowest BCUT2D eigenvalue weighted by Crippen LogP contribution is -2.40. The van der Waals surface area contributed by atoms with E-state index >= 15 is 0 Å². The second-order valence-electron chi connectivity index (χ2n) is 7.87. The molecule has 0 spiro atoms. The van der Waals surface area contributed by atoms with Crippen LogP contribution in [0.1, 0.15) is 30.5 Å². The van der Waals surface area contributed by atoms with E-state index in [1.165, 1.54) is 6.33 Å². The summed E-state index contributed by atoms with van der Waals surface area (Å²) in [6.45, 7) is 4.61. The molecule has 31 heavy (non-hydrogen) atoms. The topological polar surface area (TPSA) is 121 Å². The second kappa shape index (κ2) is 9.17. The lowest BCUT2D eigenvalue weighted by Gasteiger charge is -2.24. The largest absolute Gasteiger partial charge is 0.394 e. The molecule has 1 aromatic heterocycles. The van der Waals surface area contributed by atoms with Crippen molar-refractivity contribution in [3.05, 3.63) is 41.7 Å². The molecule has 4 bridgehead atoms. The summed E-state index contributed by atoms with van der Waals surface area (Å²) in [7, 11) is 2.03. The molecular weight excluding hydrogens is 396 g/mol. The Morgan fingerprint density at radius 1 is 1.19 bits per heavy atom. The van der Waals surface area contributed by atoms with Crippen LogP contribution in [0.5, 0.6) is 0 Å². The molecule has 3 aliphatic heterocycles. The van der Waals surface area contributed by atoms with E-state index in [4.69, 9.17) is 10.6 Å². The fourth-order valence-corrected chi connectivity index (χ4v) is 3.82. The molecule has 2 amide bonds. The van der Waals surface area contributed by atoms with Crippen LogP contribution in [-0.4, -0.2) is 66.4 Å². The van der Waals surface area contributed by atoms with Crippen molar-refractivity contribution in [1.29, 1.82) is 0 Å². The van der Waals surface area contributed by atoms with Crippen LogP contribution in [0.25, 0.3) is 0 Å². The van der Waals surface area contributed by atoms with Gasteiger partial charge in [0.2, 0.25) is 0 Å². The summed E-state index contributed by atoms with van der Waals surface area (Å²) in [6, 6.07) is 7.85. The number of urea groups is 1. The molecule has 164 valence electrons. The van der Waals surface area contributed by atoms with Gasteiger partial charge >= 0.3 is 6.03 Å². The average Bonchev–Trinajstić information content (AvgIpc) is 3.21. The summed E-state index contributed by atoms with van der Waals surface area (Å²) < 4.78 is 0. The van der Waals surface area contributed by atoms with Gasteiger partial charge in [-0.2, -0.15) is 0 Å². The predicted octanol–water partition coefficient (Wildman–Crippen LogP) is 1.82. The third kappa shape index (κ3) is 4.85. The zero-order valence-corrected chi connectivity index (χ0v) is 17.8. The Labute approximate surface area is 181 Å². The normalized spacial score (nSPS) is 23.5. The number of fused-ring (bicyclic) bond motifs is 9. The number of carbonyl (C=O) groups excluding carboxylic acids is 1. The number of aromatic nitrogens is 2. The lowest BCUT2D eigenvalue weighted by molar-refractivity contribution is 0.108. The maximum absolute atomic E-state index is 12.5. The molecule has 1 saturated heterocycles. The van der Waals surface area contributed by atoms with Crippen molar-refractivity contribution in [3.8, 4) is 0 Å². The van der Waals surface area contributed by atoms with E-state index in [-0.39, 0.29) is 18.1 Å². The Morgan fingerprint density at radius 3 is 2.81 bits per heavy atom. The van der Waals surface area contributed by atoms with Gasteiger partial charge in [0.15, 0.2) is 0 Å². The lowest BCUT2D eigenvalue weighted by atomic mass is 10.1. The van der Waals surface area contributed by atoms with Gasteiger partial charge in [0.25, 0.3) is 0 Å². The molecular formula is C21H28N8O2. The molecule has 0 saturated carbocycles. The number of amides is 2. The minimum atomic E-state index is -0.222. The number of anilines is 3. The minimum absolute atomic E-state index is 0.00717. The highest BCUT2D eigenvalue weighted by atomic mass is 16.6. The van der Waals surface area contributed by atoms with E-state index in [1.807, 2.05) is 31.3 Å². The molecule has 4 heterocycles. The Kier molecular flexibility index (Phi) is 6.17. The van der Waals surface area contributed by atoms with E-state index < -0.39 is 0 Å². The number of nitrogen functional groups attached to an aromatic ring is 1. The van der Waals surface area contributed by atoms with Crippen molar-refractivity contribution in [2.24, 2.45) is 5.16 Å². The summed E-state index contributed by atoms with van der Waals surface area (Å²) in [5.74, 6) is 1.02. The molecule has 0 aliphatic carbocycles. The zero-order valence-electron chi connectivity index (χ0n) is 17.8. The highest BCUT2D eigenvalue weighted by Crippen LogP contribution is 2.24. The SMILES string of the molecule is CC1c2ccc(cc2)NC(=O)NC2CCN(C2)c2ncnc(N)c2/C=N/OCCN1C. The molecule has 5 rings (SSSR count). The van der Waals surface area contributed by atoms with Crippen molar-refractivity contribution < 1.29 is 9.63 Å². The quantitative estimate of drug-likeness (QED) is 0.590. The van der Waals surface area contributed by atoms with E-state index in [0.29, 0.717) is 36.9 Å². The fourth-order valence-electron chi connectivity index (χ4n) is 3.82. The molecule has 2 unspecified atom stereocenters. The van der Waals surface area contributed by atoms with Crippen LogP contribution in [-0.2, 0) is 4.84 Å². The summed E-state index contributed by atoms with van der Waals surface area (Å²) >= 11 is 0. The number of nitrogens with one attached hydrogen (secondary N) is 2. The fraction of sp³-hybridized carbons (Fsp3) is 0.429. The van der Waals surface area contributed by atoms with Crippen molar-refractivity contribution in [2.45, 2.75) is 25.4 Å². The number of rotatable bonds is 0. The number of nitrogens with two attached hydrogens (primary N) is 1. The third-order valence-electron chi connectivity index (χ3n) is 5.82. The number of hydrogen-bond acceptors (Lipinski definition) is 8. The van der Waals surface area contributed by atoms with E-state index in [9.17, 15) is 4.79 Å². The van der Waals surface area contributed by atoms with Crippen LogP contribution in [0.2, 0.25) is 0 Å². The minimum Gasteiger partial charge on any atom is -0.394 e. The molecule has 1 aromatic carbocycles. The van der Waals surface area contributed by atoms with Gasteiger partial charge in [-0.1, -0.05) is 17.3 Å². The van der Waals surface area contributed by atoms with Crippen molar-refractivity contribution in [1.82, 2.24) is 20.2 Å². The maximum atomic E-state index is 12.5. The van der Waals surface area contributed by atoms with Crippen molar-refractivity contribution in [3.63, 3.8) is 0 Å². The Balaban J connectivity index is 1.58. The van der Waals surface area contributed by atoms with Crippen LogP contribution in [0.15, 0.2) is 35.7 Å². The smallest absolute Gasteiger partial charge is 0.319 e. The molecule has 0 radical (unpaired) electrons. The van der Waals surface area contributed by atoms with Crippen LogP contribution < -0.4 is 21.3 Å². The molecule has 1 fully saturated rings. The van der Waals surface area contributed by atoms with Gasteiger partial charge in [-0.25, -0.2) is 14.8 Å². The predicted molar refractivity (Wildman–Crippen MR) is 120 cm³/mol. The van der Waals surface area contributed by atoms with Crippen LogP contribution in [0.4, 0.5) is 22.1 Å². The number of hydrogen-bond donors (Lipinski definition) is 3. The number of likely N-dealkylation sites (N-methyl/N-ethyl adjacent to an activating group) is 1. The van der Waals surface area contributed by atoms with Crippen LogP contribution in [0.3, 0.4) is 0 Å². The van der Waals surface area contributed by atoms with E-state index in [0.717, 1.165) is 24.2 Å². The summed E-state index contributed by atoms with van der Waals surface area (Å²) in [5.41, 5.74) is 8.60. The maximum Gasteiger partial charge on any atom is 0.319 e. The van der Waals surface area contributed by atoms with E-state index in [1.54, 1.807) is 6.21 Å². The average molecular weight is 425 g/mol. The van der Waals surface area contributed by atoms with Gasteiger partial charge in [0, 0.05) is 37.4 Å². The highest BCUT2D eigenvalue weighted by Gasteiger charge is 2.27. The summed E-state index contributed by atoms with van der Waals surface area (Å²) in [4.78, 5) is 30.7. The Morgan fingerprint density at radius 2 is 2.00 bits per heavy atom. The zero-order chi connectivity index (χ0) is 21.8. The number of carbonyl (C=O) groups is 1. The van der Waals surface area contributed by atoms with Crippen molar-refractivity contribution >= 4 is 29.6 Å². The molecule has 3 aliphatic rings. The third-order valence-corrected chi connectivity index (χ3v) is 5.82. The molecule has 2 aromatic rings. The molecule has 2 atom stereocenters. The van der Waals surface area contributed by atoms with Gasteiger partial charge in [-0.15, -0.1) is 0 Å². The van der Waals surface area contributed by atoms with Gasteiger partial charge < -0.3 is 26.1 Å². The van der Waals surface area contributed by atoms with Gasteiger partial charge in [-0.3, -0.25) is 4.90 Å². The Bertz CT molecular complexity index is 949. The first kappa shape index (κ1) is 20.9. The molecule has 10 heteroatoms. The van der Waals surface area contributed by atoms with Gasteiger partial charge in [0.1, 0.15) is 24.6 Å². The Hall–Kier alpha value is -3.40. The summed E-state index contributed by atoms with van der Waals surface area (Å²) in [6.07, 6.45) is 3.80. The first-order valence-corrected chi connectivity index (χ1v) is 10.4. The molecule has 10 nitrogen and oxygen atoms in total. The second-order valence-corrected chi connectivity index (χ2v) is 7.87. The van der Waals surface area contributed by atoms with Gasteiger partial charge in [0.05, 0.1) is 11.8 Å². The number of benzene rings is 1. The standard InChI is InChI=1S/C21H28N8O2/c1-14-15-3-5-16(6-4-15)26-21(30)27-17-7-8-29(12-17)20-18(19(22)23-13-24-20)11-25-31-10-9-28(14)2/h3-6,11,13-14,17H,7-10,12H2,1-2H3,(H2,22,23,24)(H2,26,27,30)/b25-11+. The van der Waals surface area contributed by atoms with Crippen molar-refractivity contribution in [2.75, 3.05) is 49.2 Å². The number of nitrogens with zero attached hydrogens (tertiary/aromatic N) is 5. The van der Waals surface area contributed by atoms with E-state index in [2.05, 4.69) is 42.5 Å². The van der Waals surface area contributed by atoms with Crippen LogP contribution >= 0.6 is 0 Å².